The minimum absolute atomic E-state index is 0.0651. The number of fused-ring (bicyclic) bond motifs is 1. The molecule has 3 aromatic heterocycles. The molecule has 0 aromatic carbocycles. The molecule has 24 heavy (non-hydrogen) atoms. The Morgan fingerprint density at radius 1 is 1.25 bits per heavy atom. The molecule has 2 N–H and O–H groups in total. The van der Waals surface area contributed by atoms with Gasteiger partial charge in [-0.15, -0.1) is 12.6 Å². The Bertz CT molecular complexity index is 923. The van der Waals surface area contributed by atoms with Gasteiger partial charge in [0, 0.05) is 5.39 Å². The number of aromatic nitrogens is 3. The smallest absolute Gasteiger partial charge is 0.434 e. The van der Waals surface area contributed by atoms with E-state index in [0.29, 0.717) is 11.3 Å². The Morgan fingerprint density at radius 2 is 1.96 bits per heavy atom. The number of aryl methyl sites for hydroxylation is 1. The average Bonchev–Trinajstić information content (AvgIpc) is 2.86. The molecule has 3 rings (SSSR count). The predicted molar refractivity (Wildman–Crippen MR) is 85.0 cm³/mol. The number of pyridine rings is 1. The molecule has 1 atom stereocenters. The van der Waals surface area contributed by atoms with Crippen LogP contribution in [0.4, 0.5) is 19.0 Å². The Hall–Kier alpha value is -2.29. The van der Waals surface area contributed by atoms with E-state index < -0.39 is 22.7 Å². The Morgan fingerprint density at radius 3 is 2.62 bits per heavy atom. The van der Waals surface area contributed by atoms with E-state index in [0.717, 1.165) is 11.1 Å². The molecular weight excluding hydrogens is 341 g/mol. The fourth-order valence-electron chi connectivity index (χ4n) is 2.35. The van der Waals surface area contributed by atoms with Crippen LogP contribution in [0.2, 0.25) is 0 Å². The first-order valence-corrected chi connectivity index (χ1v) is 7.41. The maximum absolute atomic E-state index is 13.1. The van der Waals surface area contributed by atoms with Gasteiger partial charge in [-0.05, 0) is 26.0 Å². The lowest BCUT2D eigenvalue weighted by Crippen LogP contribution is -2.16. The number of nitrogens with two attached hydrogens (primary N) is 1. The van der Waals surface area contributed by atoms with E-state index in [1.807, 2.05) is 6.07 Å². The van der Waals surface area contributed by atoms with Gasteiger partial charge in [-0.25, -0.2) is 9.97 Å². The molecule has 9 heteroatoms. The van der Waals surface area contributed by atoms with Crippen LogP contribution in [0.5, 0.6) is 0 Å². The zero-order chi connectivity index (χ0) is 17.6. The third kappa shape index (κ3) is 2.91. The standard InChI is InChI=1S/C15H13F3N4OS/c1-6-3-8-4-9(20-5-10(8)23-6)7(2)14-21-12(15(16,17)18)11(24)13(19)22-14/h3-5,7,24H,1-2H3,(H2,19,21,22). The van der Waals surface area contributed by atoms with Crippen LogP contribution in [-0.4, -0.2) is 15.0 Å². The molecule has 0 spiro atoms. The molecule has 0 aliphatic carbocycles. The van der Waals surface area contributed by atoms with Crippen LogP contribution in [0.25, 0.3) is 11.0 Å². The van der Waals surface area contributed by atoms with Gasteiger partial charge in [0.15, 0.2) is 11.3 Å². The van der Waals surface area contributed by atoms with Crippen molar-refractivity contribution >= 4 is 29.4 Å². The number of furan rings is 1. The van der Waals surface area contributed by atoms with Crippen LogP contribution in [-0.2, 0) is 6.18 Å². The van der Waals surface area contributed by atoms with Crippen LogP contribution in [0.3, 0.4) is 0 Å². The molecule has 1 unspecified atom stereocenters. The molecule has 0 saturated carbocycles. The van der Waals surface area contributed by atoms with Gasteiger partial charge in [0.05, 0.1) is 22.7 Å². The summed E-state index contributed by atoms with van der Waals surface area (Å²) in [6, 6.07) is 3.55. The maximum atomic E-state index is 13.1. The van der Waals surface area contributed by atoms with Crippen molar-refractivity contribution in [3.63, 3.8) is 0 Å². The fourth-order valence-corrected chi connectivity index (χ4v) is 2.57. The monoisotopic (exact) mass is 354 g/mol. The minimum Gasteiger partial charge on any atom is -0.460 e. The summed E-state index contributed by atoms with van der Waals surface area (Å²) in [5.41, 5.74) is 5.53. The summed E-state index contributed by atoms with van der Waals surface area (Å²) >= 11 is 3.76. The molecule has 5 nitrogen and oxygen atoms in total. The third-order valence-electron chi connectivity index (χ3n) is 3.58. The predicted octanol–water partition coefficient (Wildman–Crippen LogP) is 3.97. The summed E-state index contributed by atoms with van der Waals surface area (Å²) in [7, 11) is 0. The Balaban J connectivity index is 2.08. The van der Waals surface area contributed by atoms with Crippen molar-refractivity contribution in [2.24, 2.45) is 0 Å². The zero-order valence-corrected chi connectivity index (χ0v) is 13.6. The SMILES string of the molecule is Cc1cc2cc(C(C)c3nc(N)c(S)c(C(F)(F)F)n3)ncc2o1. The van der Waals surface area contributed by atoms with Crippen LogP contribution in [0.15, 0.2) is 27.6 Å². The van der Waals surface area contributed by atoms with Gasteiger partial charge >= 0.3 is 6.18 Å². The second-order valence-corrected chi connectivity index (χ2v) is 5.83. The maximum Gasteiger partial charge on any atom is 0.434 e. The van der Waals surface area contributed by atoms with Crippen LogP contribution in [0, 0.1) is 6.92 Å². The lowest BCUT2D eigenvalue weighted by molar-refractivity contribution is -0.143. The molecule has 0 radical (unpaired) electrons. The first kappa shape index (κ1) is 16.6. The van der Waals surface area contributed by atoms with Gasteiger partial charge in [0.25, 0.3) is 0 Å². The number of nitrogens with zero attached hydrogens (tertiary/aromatic N) is 3. The Kier molecular flexibility index (Phi) is 3.90. The number of anilines is 1. The van der Waals surface area contributed by atoms with E-state index in [-0.39, 0.29) is 11.6 Å². The van der Waals surface area contributed by atoms with E-state index >= 15 is 0 Å². The molecule has 0 saturated heterocycles. The average molecular weight is 354 g/mol. The summed E-state index contributed by atoms with van der Waals surface area (Å²) in [6.07, 6.45) is -3.14. The number of hydrogen-bond donors (Lipinski definition) is 2. The summed E-state index contributed by atoms with van der Waals surface area (Å²) in [5.74, 6) is -0.245. The Labute approximate surface area is 140 Å². The van der Waals surface area contributed by atoms with Gasteiger partial charge < -0.3 is 10.2 Å². The highest BCUT2D eigenvalue weighted by Crippen LogP contribution is 2.36. The van der Waals surface area contributed by atoms with Crippen molar-refractivity contribution in [3.8, 4) is 0 Å². The van der Waals surface area contributed by atoms with Crippen molar-refractivity contribution in [1.29, 1.82) is 0 Å². The largest absolute Gasteiger partial charge is 0.460 e. The van der Waals surface area contributed by atoms with Gasteiger partial charge in [0.1, 0.15) is 17.4 Å². The third-order valence-corrected chi connectivity index (χ3v) is 4.02. The highest BCUT2D eigenvalue weighted by atomic mass is 32.1. The summed E-state index contributed by atoms with van der Waals surface area (Å²) in [4.78, 5) is 11.3. The fraction of sp³-hybridized carbons (Fsp3) is 0.267. The van der Waals surface area contributed by atoms with Crippen molar-refractivity contribution in [1.82, 2.24) is 15.0 Å². The van der Waals surface area contributed by atoms with E-state index in [2.05, 4.69) is 27.6 Å². The van der Waals surface area contributed by atoms with Gasteiger partial charge in [0.2, 0.25) is 0 Å². The van der Waals surface area contributed by atoms with Crippen molar-refractivity contribution < 1.29 is 17.6 Å². The van der Waals surface area contributed by atoms with Crippen LogP contribution in [0.1, 0.15) is 35.8 Å². The van der Waals surface area contributed by atoms with Crippen LogP contribution >= 0.6 is 12.6 Å². The second kappa shape index (κ2) is 5.66. The van der Waals surface area contributed by atoms with Crippen LogP contribution < -0.4 is 5.73 Å². The molecule has 126 valence electrons. The molecule has 3 heterocycles. The lowest BCUT2D eigenvalue weighted by Gasteiger charge is -2.15. The molecule has 0 fully saturated rings. The number of thiol groups is 1. The zero-order valence-electron chi connectivity index (χ0n) is 12.7. The first-order chi connectivity index (χ1) is 11.2. The lowest BCUT2D eigenvalue weighted by atomic mass is 10.0. The number of nitrogen functional groups attached to an aromatic ring is 1. The molecule has 0 amide bonds. The van der Waals surface area contributed by atoms with E-state index in [1.54, 1.807) is 19.9 Å². The number of alkyl halides is 3. The van der Waals surface area contributed by atoms with Crippen molar-refractivity contribution in [2.75, 3.05) is 5.73 Å². The number of halogens is 3. The first-order valence-electron chi connectivity index (χ1n) is 6.96. The normalized spacial score (nSPS) is 13.4. The van der Waals surface area contributed by atoms with E-state index in [4.69, 9.17) is 10.2 Å². The van der Waals surface area contributed by atoms with Crippen molar-refractivity contribution in [2.45, 2.75) is 30.8 Å². The molecule has 3 aromatic rings. The van der Waals surface area contributed by atoms with Crippen molar-refractivity contribution in [3.05, 3.63) is 41.3 Å². The summed E-state index contributed by atoms with van der Waals surface area (Å²) in [5, 5.41) is 0.805. The van der Waals surface area contributed by atoms with Gasteiger partial charge in [-0.3, -0.25) is 4.98 Å². The molecule has 0 bridgehead atoms. The quantitative estimate of drug-likeness (QED) is 0.681. The molecular formula is C15H13F3N4OS. The van der Waals surface area contributed by atoms with Gasteiger partial charge in [-0.1, -0.05) is 0 Å². The number of hydrogen-bond acceptors (Lipinski definition) is 6. The highest BCUT2D eigenvalue weighted by Gasteiger charge is 2.37. The van der Waals surface area contributed by atoms with E-state index in [1.165, 1.54) is 6.20 Å². The summed E-state index contributed by atoms with van der Waals surface area (Å²) < 4.78 is 44.6. The van der Waals surface area contributed by atoms with E-state index in [9.17, 15) is 13.2 Å². The summed E-state index contributed by atoms with van der Waals surface area (Å²) in [6.45, 7) is 3.46. The van der Waals surface area contributed by atoms with Gasteiger partial charge in [-0.2, -0.15) is 13.2 Å². The molecule has 0 aliphatic heterocycles. The number of rotatable bonds is 2. The highest BCUT2D eigenvalue weighted by molar-refractivity contribution is 7.80. The topological polar surface area (TPSA) is 77.8 Å². The molecule has 0 aliphatic rings. The second-order valence-electron chi connectivity index (χ2n) is 5.39. The minimum atomic E-state index is -4.67.